The van der Waals surface area contributed by atoms with Gasteiger partial charge in [0.15, 0.2) is 0 Å². The molecule has 2 amide bonds. The number of amides is 2. The molecule has 1 aromatic carbocycles. The second kappa shape index (κ2) is 6.48. The highest BCUT2D eigenvalue weighted by Crippen LogP contribution is 2.33. The van der Waals surface area contributed by atoms with Crippen LogP contribution in [-0.4, -0.2) is 24.7 Å². The van der Waals surface area contributed by atoms with E-state index in [-0.39, 0.29) is 11.6 Å². The van der Waals surface area contributed by atoms with Gasteiger partial charge in [-0.25, -0.2) is 4.79 Å². The number of carbonyl (C=O) groups is 1. The molecule has 0 fully saturated rings. The summed E-state index contributed by atoms with van der Waals surface area (Å²) in [6.45, 7) is 9.95. The summed E-state index contributed by atoms with van der Waals surface area (Å²) in [4.78, 5) is 14.4. The molecule has 4 heteroatoms. The Labute approximate surface area is 127 Å². The highest BCUT2D eigenvalue weighted by Gasteiger charge is 2.29. The van der Waals surface area contributed by atoms with E-state index in [0.29, 0.717) is 6.04 Å². The number of carbonyl (C=O) groups excluding carboxylic acids is 1. The largest absolute Gasteiger partial charge is 0.333 e. The van der Waals surface area contributed by atoms with E-state index in [2.05, 4.69) is 23.6 Å². The molecule has 1 unspecified atom stereocenters. The van der Waals surface area contributed by atoms with E-state index < -0.39 is 0 Å². The Balaban J connectivity index is 2.21. The fraction of sp³-hybridized carbons (Fsp3) is 0.588. The Morgan fingerprint density at radius 2 is 2.05 bits per heavy atom. The van der Waals surface area contributed by atoms with Gasteiger partial charge in [-0.05, 0) is 51.8 Å². The van der Waals surface area contributed by atoms with E-state index in [9.17, 15) is 4.79 Å². The average molecular weight is 289 g/mol. The van der Waals surface area contributed by atoms with Crippen molar-refractivity contribution in [1.29, 1.82) is 0 Å². The van der Waals surface area contributed by atoms with Crippen LogP contribution in [0.15, 0.2) is 24.3 Å². The van der Waals surface area contributed by atoms with Gasteiger partial charge < -0.3 is 10.6 Å². The third kappa shape index (κ3) is 3.97. The van der Waals surface area contributed by atoms with Crippen LogP contribution in [0.25, 0.3) is 0 Å². The fourth-order valence-electron chi connectivity index (χ4n) is 2.69. The molecule has 0 aliphatic carbocycles. The van der Waals surface area contributed by atoms with E-state index in [1.54, 1.807) is 0 Å². The number of urea groups is 1. The quantitative estimate of drug-likeness (QED) is 0.895. The lowest BCUT2D eigenvalue weighted by Gasteiger charge is -2.36. The molecule has 1 aliphatic heterocycles. The van der Waals surface area contributed by atoms with Gasteiger partial charge in [-0.15, -0.1) is 0 Å². The monoisotopic (exact) mass is 289 g/mol. The number of nitrogens with zero attached hydrogens (tertiary/aromatic N) is 1. The molecule has 1 atom stereocenters. The van der Waals surface area contributed by atoms with Gasteiger partial charge in [0.1, 0.15) is 0 Å². The third-order valence-electron chi connectivity index (χ3n) is 3.61. The molecular weight excluding hydrogens is 262 g/mol. The van der Waals surface area contributed by atoms with Crippen LogP contribution < -0.4 is 15.5 Å². The van der Waals surface area contributed by atoms with E-state index in [4.69, 9.17) is 0 Å². The third-order valence-corrected chi connectivity index (χ3v) is 3.61. The smallest absolute Gasteiger partial charge is 0.322 e. The number of para-hydroxylation sites is 1. The molecule has 116 valence electrons. The molecule has 0 saturated carbocycles. The summed E-state index contributed by atoms with van der Waals surface area (Å²) in [6, 6.07) is 8.54. The van der Waals surface area contributed by atoms with Crippen molar-refractivity contribution in [3.63, 3.8) is 0 Å². The molecule has 1 aliphatic rings. The van der Waals surface area contributed by atoms with Crippen LogP contribution in [0.4, 0.5) is 10.5 Å². The highest BCUT2D eigenvalue weighted by atomic mass is 16.2. The minimum Gasteiger partial charge on any atom is -0.333 e. The van der Waals surface area contributed by atoms with Crippen molar-refractivity contribution < 1.29 is 4.79 Å². The number of rotatable bonds is 3. The second-order valence-electron chi connectivity index (χ2n) is 6.69. The maximum absolute atomic E-state index is 12.5. The molecule has 2 rings (SSSR count). The fourth-order valence-corrected chi connectivity index (χ4v) is 2.69. The zero-order valence-electron chi connectivity index (χ0n) is 13.6. The summed E-state index contributed by atoms with van der Waals surface area (Å²) in [6.07, 6.45) is 2.07. The summed E-state index contributed by atoms with van der Waals surface area (Å²) in [5.41, 5.74) is 2.03. The van der Waals surface area contributed by atoms with Gasteiger partial charge in [0.2, 0.25) is 0 Å². The summed E-state index contributed by atoms with van der Waals surface area (Å²) < 4.78 is 0. The van der Waals surface area contributed by atoms with Gasteiger partial charge in [-0.2, -0.15) is 0 Å². The number of hydrogen-bond donors (Lipinski definition) is 2. The van der Waals surface area contributed by atoms with Crippen LogP contribution >= 0.6 is 0 Å². The molecule has 0 radical (unpaired) electrons. The standard InChI is InChI=1S/C17H27N3O/c1-5-11-18-14-10-12-20(16(21)19-17(2,3)4)15-9-7-6-8-13(14)15/h6-9,14,18H,5,10-12H2,1-4H3,(H,19,21). The van der Waals surface area contributed by atoms with E-state index in [1.807, 2.05) is 43.9 Å². The topological polar surface area (TPSA) is 44.4 Å². The van der Waals surface area contributed by atoms with Gasteiger partial charge in [0.25, 0.3) is 0 Å². The van der Waals surface area contributed by atoms with Gasteiger partial charge >= 0.3 is 6.03 Å². The Morgan fingerprint density at radius 1 is 1.33 bits per heavy atom. The van der Waals surface area contributed by atoms with Gasteiger partial charge in [-0.3, -0.25) is 4.90 Å². The summed E-state index contributed by atoms with van der Waals surface area (Å²) in [5.74, 6) is 0. The zero-order valence-corrected chi connectivity index (χ0v) is 13.6. The Morgan fingerprint density at radius 3 is 2.71 bits per heavy atom. The molecule has 0 saturated heterocycles. The van der Waals surface area contributed by atoms with Crippen LogP contribution in [-0.2, 0) is 0 Å². The van der Waals surface area contributed by atoms with Gasteiger partial charge in [0, 0.05) is 18.1 Å². The van der Waals surface area contributed by atoms with Crippen LogP contribution in [0.1, 0.15) is 52.1 Å². The first-order valence-corrected chi connectivity index (χ1v) is 7.84. The van der Waals surface area contributed by atoms with Gasteiger partial charge in [0.05, 0.1) is 5.69 Å². The Kier molecular flexibility index (Phi) is 4.88. The van der Waals surface area contributed by atoms with Crippen molar-refractivity contribution in [2.75, 3.05) is 18.0 Å². The molecule has 1 heterocycles. The average Bonchev–Trinajstić information content (AvgIpc) is 2.42. The van der Waals surface area contributed by atoms with E-state index >= 15 is 0 Å². The molecular formula is C17H27N3O. The van der Waals surface area contributed by atoms with Crippen molar-refractivity contribution >= 4 is 11.7 Å². The highest BCUT2D eigenvalue weighted by molar-refractivity contribution is 5.93. The van der Waals surface area contributed by atoms with E-state index in [0.717, 1.165) is 31.6 Å². The minimum absolute atomic E-state index is 0.0103. The van der Waals surface area contributed by atoms with Crippen molar-refractivity contribution in [2.24, 2.45) is 0 Å². The number of hydrogen-bond acceptors (Lipinski definition) is 2. The summed E-state index contributed by atoms with van der Waals surface area (Å²) >= 11 is 0. The lowest BCUT2D eigenvalue weighted by Crippen LogP contribution is -2.51. The number of fused-ring (bicyclic) bond motifs is 1. The predicted molar refractivity (Wildman–Crippen MR) is 87.7 cm³/mol. The lowest BCUT2D eigenvalue weighted by molar-refractivity contribution is 0.236. The Hall–Kier alpha value is -1.55. The maximum atomic E-state index is 12.5. The van der Waals surface area contributed by atoms with Crippen LogP contribution in [0.2, 0.25) is 0 Å². The SMILES string of the molecule is CCCNC1CCN(C(=O)NC(C)(C)C)c2ccccc21. The normalized spacial score (nSPS) is 18.3. The first kappa shape index (κ1) is 15.8. The maximum Gasteiger partial charge on any atom is 0.322 e. The summed E-state index contributed by atoms with van der Waals surface area (Å²) in [5, 5.41) is 6.63. The predicted octanol–water partition coefficient (Wildman–Crippen LogP) is 3.45. The van der Waals surface area contributed by atoms with Crippen molar-refractivity contribution in [1.82, 2.24) is 10.6 Å². The van der Waals surface area contributed by atoms with Crippen LogP contribution in [0.5, 0.6) is 0 Å². The molecule has 0 aromatic heterocycles. The molecule has 0 spiro atoms. The number of benzene rings is 1. The van der Waals surface area contributed by atoms with Crippen molar-refractivity contribution in [3.05, 3.63) is 29.8 Å². The van der Waals surface area contributed by atoms with E-state index in [1.165, 1.54) is 5.56 Å². The molecule has 0 bridgehead atoms. The minimum atomic E-state index is -0.219. The van der Waals surface area contributed by atoms with Crippen LogP contribution in [0.3, 0.4) is 0 Å². The number of nitrogens with one attached hydrogen (secondary N) is 2. The Bertz CT molecular complexity index is 493. The zero-order chi connectivity index (χ0) is 15.5. The molecule has 1 aromatic rings. The first-order valence-electron chi connectivity index (χ1n) is 7.84. The molecule has 4 nitrogen and oxygen atoms in total. The first-order chi connectivity index (χ1) is 9.92. The van der Waals surface area contributed by atoms with Gasteiger partial charge in [-0.1, -0.05) is 25.1 Å². The van der Waals surface area contributed by atoms with Crippen molar-refractivity contribution in [3.8, 4) is 0 Å². The van der Waals surface area contributed by atoms with Crippen molar-refractivity contribution in [2.45, 2.75) is 52.1 Å². The van der Waals surface area contributed by atoms with Crippen LogP contribution in [0, 0.1) is 0 Å². The molecule has 21 heavy (non-hydrogen) atoms. The number of anilines is 1. The lowest BCUT2D eigenvalue weighted by atomic mass is 9.96. The summed E-state index contributed by atoms with van der Waals surface area (Å²) in [7, 11) is 0. The second-order valence-corrected chi connectivity index (χ2v) is 6.69. The molecule has 2 N–H and O–H groups in total.